The van der Waals surface area contributed by atoms with Crippen LogP contribution in [0.5, 0.6) is 0 Å². The summed E-state index contributed by atoms with van der Waals surface area (Å²) in [6.07, 6.45) is 0.590. The normalized spacial score (nSPS) is 24.6. The number of hydrogen-bond acceptors (Lipinski definition) is 5. The van der Waals surface area contributed by atoms with Crippen LogP contribution in [0.25, 0.3) is 0 Å². The van der Waals surface area contributed by atoms with Crippen LogP contribution in [0.1, 0.15) is 39.7 Å². The summed E-state index contributed by atoms with van der Waals surface area (Å²) in [7, 11) is 0. The molecule has 0 saturated heterocycles. The van der Waals surface area contributed by atoms with Crippen molar-refractivity contribution in [3.8, 4) is 0 Å². The van der Waals surface area contributed by atoms with Gasteiger partial charge in [0.15, 0.2) is 0 Å². The molecule has 124 valence electrons. The molecule has 0 radical (unpaired) electrons. The third kappa shape index (κ3) is 4.97. The van der Waals surface area contributed by atoms with Crippen molar-refractivity contribution >= 4 is 17.4 Å². The Morgan fingerprint density at radius 1 is 1.45 bits per heavy atom. The average Bonchev–Trinajstić information content (AvgIpc) is 2.88. The summed E-state index contributed by atoms with van der Waals surface area (Å²) in [5.74, 6) is 0. The zero-order valence-corrected chi connectivity index (χ0v) is 14.5. The van der Waals surface area contributed by atoms with E-state index >= 15 is 0 Å². The predicted molar refractivity (Wildman–Crippen MR) is 88.1 cm³/mol. The number of hydrogen-bond donors (Lipinski definition) is 2. The second-order valence-electron chi connectivity index (χ2n) is 6.52. The highest BCUT2D eigenvalue weighted by molar-refractivity contribution is 7.07. The molecule has 1 aromatic rings. The maximum absolute atomic E-state index is 11.9. The number of rotatable bonds is 6. The minimum Gasteiger partial charge on any atom is -0.444 e. The lowest BCUT2D eigenvalue weighted by Gasteiger charge is -2.45. The molecular weight excluding hydrogens is 300 g/mol. The first-order chi connectivity index (χ1) is 10.4. The van der Waals surface area contributed by atoms with Crippen molar-refractivity contribution in [1.82, 2.24) is 10.6 Å². The van der Waals surface area contributed by atoms with Gasteiger partial charge in [-0.05, 0) is 56.5 Å². The van der Waals surface area contributed by atoms with E-state index < -0.39 is 5.60 Å². The second-order valence-corrected chi connectivity index (χ2v) is 7.30. The van der Waals surface area contributed by atoms with Crippen LogP contribution in [0.15, 0.2) is 16.8 Å². The molecular formula is C16H26N2O3S. The Hall–Kier alpha value is -1.11. The first-order valence-corrected chi connectivity index (χ1v) is 8.69. The van der Waals surface area contributed by atoms with Gasteiger partial charge in [-0.3, -0.25) is 0 Å². The largest absolute Gasteiger partial charge is 0.444 e. The molecule has 0 spiro atoms. The fourth-order valence-corrected chi connectivity index (χ4v) is 3.17. The van der Waals surface area contributed by atoms with Gasteiger partial charge in [-0.15, -0.1) is 0 Å². The van der Waals surface area contributed by atoms with Crippen LogP contribution in [-0.2, 0) is 16.0 Å². The van der Waals surface area contributed by atoms with E-state index in [1.807, 2.05) is 27.7 Å². The number of carbonyl (C=O) groups is 1. The van der Waals surface area contributed by atoms with E-state index in [1.54, 1.807) is 11.3 Å². The van der Waals surface area contributed by atoms with E-state index in [9.17, 15) is 4.79 Å². The molecule has 3 atom stereocenters. The quantitative estimate of drug-likeness (QED) is 0.844. The molecule has 1 saturated carbocycles. The SMILES string of the molecule is CCOC1CC(NC(=O)OC(C)(C)C)C1NCc1ccsc1. The molecule has 1 amide bonds. The van der Waals surface area contributed by atoms with Crippen LogP contribution >= 0.6 is 11.3 Å². The fourth-order valence-electron chi connectivity index (χ4n) is 2.50. The molecule has 2 rings (SSSR count). The lowest BCUT2D eigenvalue weighted by molar-refractivity contribution is -0.0438. The van der Waals surface area contributed by atoms with E-state index in [0.29, 0.717) is 6.61 Å². The van der Waals surface area contributed by atoms with Gasteiger partial charge in [0.25, 0.3) is 0 Å². The number of thiophene rings is 1. The Bertz CT molecular complexity index is 470. The summed E-state index contributed by atoms with van der Waals surface area (Å²) >= 11 is 1.68. The summed E-state index contributed by atoms with van der Waals surface area (Å²) in [4.78, 5) is 11.9. The predicted octanol–water partition coefficient (Wildman–Crippen LogP) is 2.91. The molecule has 1 aliphatic rings. The van der Waals surface area contributed by atoms with Crippen molar-refractivity contribution in [3.63, 3.8) is 0 Å². The molecule has 1 aliphatic carbocycles. The van der Waals surface area contributed by atoms with Gasteiger partial charge in [0.2, 0.25) is 0 Å². The number of amides is 1. The Morgan fingerprint density at radius 2 is 2.23 bits per heavy atom. The monoisotopic (exact) mass is 326 g/mol. The number of carbonyl (C=O) groups excluding carboxylic acids is 1. The van der Waals surface area contributed by atoms with Gasteiger partial charge in [-0.25, -0.2) is 4.79 Å². The number of alkyl carbamates (subject to hydrolysis) is 1. The van der Waals surface area contributed by atoms with E-state index in [0.717, 1.165) is 13.0 Å². The van der Waals surface area contributed by atoms with Gasteiger partial charge in [0, 0.05) is 13.2 Å². The molecule has 22 heavy (non-hydrogen) atoms. The highest BCUT2D eigenvalue weighted by Crippen LogP contribution is 2.25. The van der Waals surface area contributed by atoms with Gasteiger partial charge in [-0.1, -0.05) is 0 Å². The molecule has 1 heterocycles. The van der Waals surface area contributed by atoms with Crippen LogP contribution in [-0.4, -0.2) is 36.5 Å². The van der Waals surface area contributed by atoms with E-state index in [1.165, 1.54) is 5.56 Å². The zero-order valence-electron chi connectivity index (χ0n) is 13.7. The van der Waals surface area contributed by atoms with Crippen molar-refractivity contribution in [2.75, 3.05) is 6.61 Å². The summed E-state index contributed by atoms with van der Waals surface area (Å²) in [6.45, 7) is 9.04. The van der Waals surface area contributed by atoms with Gasteiger partial charge in [0.1, 0.15) is 5.60 Å². The van der Waals surface area contributed by atoms with Crippen molar-refractivity contribution in [3.05, 3.63) is 22.4 Å². The molecule has 6 heteroatoms. The zero-order chi connectivity index (χ0) is 16.2. The van der Waals surface area contributed by atoms with E-state index in [4.69, 9.17) is 9.47 Å². The molecule has 0 aromatic carbocycles. The van der Waals surface area contributed by atoms with Gasteiger partial charge < -0.3 is 20.1 Å². The number of nitrogens with one attached hydrogen (secondary N) is 2. The van der Waals surface area contributed by atoms with Crippen LogP contribution in [0.4, 0.5) is 4.79 Å². The Balaban J connectivity index is 1.85. The van der Waals surface area contributed by atoms with Crippen LogP contribution in [0.3, 0.4) is 0 Å². The Morgan fingerprint density at radius 3 is 2.82 bits per heavy atom. The highest BCUT2D eigenvalue weighted by Gasteiger charge is 2.42. The van der Waals surface area contributed by atoms with Crippen LogP contribution in [0.2, 0.25) is 0 Å². The van der Waals surface area contributed by atoms with Crippen molar-refractivity contribution < 1.29 is 14.3 Å². The van der Waals surface area contributed by atoms with Crippen molar-refractivity contribution in [1.29, 1.82) is 0 Å². The Kier molecular flexibility index (Phi) is 5.83. The molecule has 3 unspecified atom stereocenters. The standard InChI is InChI=1S/C16H26N2O3S/c1-5-20-13-8-12(18-15(19)21-16(2,3)4)14(13)17-9-11-6-7-22-10-11/h6-7,10,12-14,17H,5,8-9H2,1-4H3,(H,18,19). The van der Waals surface area contributed by atoms with Gasteiger partial charge in [-0.2, -0.15) is 11.3 Å². The fraction of sp³-hybridized carbons (Fsp3) is 0.688. The smallest absolute Gasteiger partial charge is 0.407 e. The third-order valence-electron chi connectivity index (χ3n) is 3.53. The van der Waals surface area contributed by atoms with Crippen LogP contribution in [0, 0.1) is 0 Å². The minimum atomic E-state index is -0.479. The molecule has 1 aromatic heterocycles. The van der Waals surface area contributed by atoms with Crippen LogP contribution < -0.4 is 10.6 Å². The lowest BCUT2D eigenvalue weighted by atomic mass is 9.82. The third-order valence-corrected chi connectivity index (χ3v) is 4.26. The summed E-state index contributed by atoms with van der Waals surface area (Å²) < 4.78 is 11.0. The Labute approximate surface area is 136 Å². The maximum Gasteiger partial charge on any atom is 0.407 e. The molecule has 0 bridgehead atoms. The molecule has 2 N–H and O–H groups in total. The van der Waals surface area contributed by atoms with Crippen molar-refractivity contribution in [2.45, 2.75) is 64.4 Å². The lowest BCUT2D eigenvalue weighted by Crippen LogP contribution is -2.66. The molecule has 1 fully saturated rings. The topological polar surface area (TPSA) is 59.6 Å². The first kappa shape index (κ1) is 17.2. The van der Waals surface area contributed by atoms with E-state index in [-0.39, 0.29) is 24.3 Å². The molecule has 5 nitrogen and oxygen atoms in total. The highest BCUT2D eigenvalue weighted by atomic mass is 32.1. The van der Waals surface area contributed by atoms with E-state index in [2.05, 4.69) is 27.5 Å². The average molecular weight is 326 g/mol. The number of ether oxygens (including phenoxy) is 2. The summed E-state index contributed by atoms with van der Waals surface area (Å²) in [5.41, 5.74) is 0.774. The summed E-state index contributed by atoms with van der Waals surface area (Å²) in [5, 5.41) is 10.6. The second kappa shape index (κ2) is 7.44. The first-order valence-electron chi connectivity index (χ1n) is 7.74. The minimum absolute atomic E-state index is 0.0463. The van der Waals surface area contributed by atoms with Gasteiger partial charge in [0.05, 0.1) is 18.2 Å². The molecule has 0 aliphatic heterocycles. The van der Waals surface area contributed by atoms with Gasteiger partial charge >= 0.3 is 6.09 Å². The summed E-state index contributed by atoms with van der Waals surface area (Å²) in [6, 6.07) is 2.26. The maximum atomic E-state index is 11.9. The van der Waals surface area contributed by atoms with Crippen molar-refractivity contribution in [2.24, 2.45) is 0 Å².